The lowest BCUT2D eigenvalue weighted by Gasteiger charge is -2.10. The van der Waals surface area contributed by atoms with Gasteiger partial charge in [0, 0.05) is 31.5 Å². The maximum absolute atomic E-state index is 11.9. The second kappa shape index (κ2) is 9.34. The van der Waals surface area contributed by atoms with E-state index in [-0.39, 0.29) is 5.91 Å². The molecule has 0 saturated carbocycles. The maximum Gasteiger partial charge on any atom is 0.251 e. The molecule has 0 heterocycles. The fourth-order valence-electron chi connectivity index (χ4n) is 1.78. The average Bonchev–Trinajstić information content (AvgIpc) is 2.45. The van der Waals surface area contributed by atoms with Crippen LogP contribution in [0.5, 0.6) is 0 Å². The number of rotatable bonds is 9. The van der Waals surface area contributed by atoms with Crippen molar-refractivity contribution in [3.05, 3.63) is 29.3 Å². The van der Waals surface area contributed by atoms with Crippen molar-refractivity contribution in [2.75, 3.05) is 45.3 Å². The molecule has 0 saturated heterocycles. The van der Waals surface area contributed by atoms with E-state index in [4.69, 9.17) is 9.47 Å². The molecular weight excluding hydrogens is 256 g/mol. The number of anilines is 1. The van der Waals surface area contributed by atoms with Crippen molar-refractivity contribution in [2.24, 2.45) is 0 Å². The number of carbonyl (C=O) groups excluding carboxylic acids is 1. The molecule has 1 aromatic carbocycles. The molecule has 0 radical (unpaired) electrons. The molecule has 2 N–H and O–H groups in total. The third kappa shape index (κ3) is 5.59. The summed E-state index contributed by atoms with van der Waals surface area (Å²) in [6.07, 6.45) is 0. The van der Waals surface area contributed by atoms with Crippen LogP contribution < -0.4 is 10.6 Å². The zero-order valence-corrected chi connectivity index (χ0v) is 12.5. The molecular formula is C15H24N2O3. The predicted molar refractivity (Wildman–Crippen MR) is 80.4 cm³/mol. The van der Waals surface area contributed by atoms with Crippen molar-refractivity contribution in [1.29, 1.82) is 0 Å². The molecule has 5 heteroatoms. The SMILES string of the molecule is CCNc1ccc(C(=O)NCCOCCOC)cc1C. The number of nitrogens with one attached hydrogen (secondary N) is 2. The predicted octanol–water partition coefficient (Wildman–Crippen LogP) is 1.82. The van der Waals surface area contributed by atoms with E-state index < -0.39 is 0 Å². The van der Waals surface area contributed by atoms with E-state index in [1.807, 2.05) is 32.0 Å². The monoisotopic (exact) mass is 280 g/mol. The molecule has 5 nitrogen and oxygen atoms in total. The Balaban J connectivity index is 2.38. The van der Waals surface area contributed by atoms with E-state index in [1.54, 1.807) is 7.11 Å². The molecule has 1 amide bonds. The van der Waals surface area contributed by atoms with Crippen molar-refractivity contribution in [1.82, 2.24) is 5.32 Å². The van der Waals surface area contributed by atoms with Crippen LogP contribution in [-0.2, 0) is 9.47 Å². The number of methoxy groups -OCH3 is 1. The van der Waals surface area contributed by atoms with Crippen LogP contribution in [0.25, 0.3) is 0 Å². The minimum atomic E-state index is -0.0773. The minimum Gasteiger partial charge on any atom is -0.385 e. The molecule has 0 aromatic heterocycles. The van der Waals surface area contributed by atoms with Gasteiger partial charge in [0.05, 0.1) is 19.8 Å². The first kappa shape index (κ1) is 16.5. The first-order valence-electron chi connectivity index (χ1n) is 6.88. The van der Waals surface area contributed by atoms with Crippen molar-refractivity contribution in [3.63, 3.8) is 0 Å². The Morgan fingerprint density at radius 3 is 2.70 bits per heavy atom. The number of benzene rings is 1. The Bertz CT molecular complexity index is 422. The molecule has 0 unspecified atom stereocenters. The van der Waals surface area contributed by atoms with Crippen LogP contribution in [0.15, 0.2) is 18.2 Å². The lowest BCUT2D eigenvalue weighted by Crippen LogP contribution is -2.27. The summed E-state index contributed by atoms with van der Waals surface area (Å²) < 4.78 is 10.2. The Labute approximate surface area is 120 Å². The third-order valence-corrected chi connectivity index (χ3v) is 2.82. The van der Waals surface area contributed by atoms with Crippen LogP contribution in [0.4, 0.5) is 5.69 Å². The van der Waals surface area contributed by atoms with E-state index in [1.165, 1.54) is 0 Å². The number of amides is 1. The van der Waals surface area contributed by atoms with Gasteiger partial charge in [0.1, 0.15) is 0 Å². The van der Waals surface area contributed by atoms with Crippen LogP contribution in [0.1, 0.15) is 22.8 Å². The van der Waals surface area contributed by atoms with E-state index in [2.05, 4.69) is 10.6 Å². The molecule has 0 aliphatic carbocycles. The van der Waals surface area contributed by atoms with E-state index in [0.29, 0.717) is 31.9 Å². The van der Waals surface area contributed by atoms with Crippen molar-refractivity contribution >= 4 is 11.6 Å². The van der Waals surface area contributed by atoms with Gasteiger partial charge in [-0.3, -0.25) is 4.79 Å². The second-order valence-electron chi connectivity index (χ2n) is 4.42. The number of aryl methyl sites for hydroxylation is 1. The molecule has 1 rings (SSSR count). The highest BCUT2D eigenvalue weighted by Gasteiger charge is 2.06. The summed E-state index contributed by atoms with van der Waals surface area (Å²) in [6.45, 7) is 7.00. The van der Waals surface area contributed by atoms with Gasteiger partial charge in [0.15, 0.2) is 0 Å². The summed E-state index contributed by atoms with van der Waals surface area (Å²) in [4.78, 5) is 11.9. The van der Waals surface area contributed by atoms with Gasteiger partial charge in [-0.1, -0.05) is 0 Å². The van der Waals surface area contributed by atoms with Crippen LogP contribution in [-0.4, -0.2) is 45.9 Å². The zero-order chi connectivity index (χ0) is 14.8. The number of ether oxygens (including phenoxy) is 2. The molecule has 0 spiro atoms. The van der Waals surface area contributed by atoms with Gasteiger partial charge < -0.3 is 20.1 Å². The van der Waals surface area contributed by atoms with Crippen LogP contribution >= 0.6 is 0 Å². The van der Waals surface area contributed by atoms with E-state index in [0.717, 1.165) is 17.8 Å². The second-order valence-corrected chi connectivity index (χ2v) is 4.42. The normalized spacial score (nSPS) is 10.3. The Hall–Kier alpha value is -1.59. The first-order chi connectivity index (χ1) is 9.69. The Morgan fingerprint density at radius 1 is 1.25 bits per heavy atom. The lowest BCUT2D eigenvalue weighted by molar-refractivity contribution is 0.0692. The van der Waals surface area contributed by atoms with E-state index >= 15 is 0 Å². The smallest absolute Gasteiger partial charge is 0.251 e. The topological polar surface area (TPSA) is 59.6 Å². The van der Waals surface area contributed by atoms with Gasteiger partial charge >= 0.3 is 0 Å². The van der Waals surface area contributed by atoms with E-state index in [9.17, 15) is 4.79 Å². The van der Waals surface area contributed by atoms with Crippen molar-refractivity contribution in [2.45, 2.75) is 13.8 Å². The fraction of sp³-hybridized carbons (Fsp3) is 0.533. The van der Waals surface area contributed by atoms with Gasteiger partial charge in [-0.2, -0.15) is 0 Å². The standard InChI is InChI=1S/C15H24N2O3/c1-4-16-14-6-5-13(11-12(14)2)15(18)17-7-8-20-10-9-19-3/h5-6,11,16H,4,7-10H2,1-3H3,(H,17,18). The lowest BCUT2D eigenvalue weighted by atomic mass is 10.1. The Kier molecular flexibility index (Phi) is 7.69. The highest BCUT2D eigenvalue weighted by molar-refractivity contribution is 5.94. The van der Waals surface area contributed by atoms with Gasteiger partial charge in [-0.05, 0) is 37.6 Å². The number of hydrogen-bond acceptors (Lipinski definition) is 4. The largest absolute Gasteiger partial charge is 0.385 e. The molecule has 112 valence electrons. The Morgan fingerprint density at radius 2 is 2.05 bits per heavy atom. The average molecular weight is 280 g/mol. The minimum absolute atomic E-state index is 0.0773. The zero-order valence-electron chi connectivity index (χ0n) is 12.5. The highest BCUT2D eigenvalue weighted by atomic mass is 16.5. The van der Waals surface area contributed by atoms with Gasteiger partial charge in [0.2, 0.25) is 0 Å². The molecule has 0 bridgehead atoms. The summed E-state index contributed by atoms with van der Waals surface area (Å²) in [5.41, 5.74) is 2.80. The summed E-state index contributed by atoms with van der Waals surface area (Å²) in [6, 6.07) is 5.65. The van der Waals surface area contributed by atoms with Gasteiger partial charge in [-0.15, -0.1) is 0 Å². The molecule has 0 aliphatic rings. The summed E-state index contributed by atoms with van der Waals surface area (Å²) in [5, 5.41) is 6.08. The summed E-state index contributed by atoms with van der Waals surface area (Å²) in [7, 11) is 1.63. The van der Waals surface area contributed by atoms with Crippen LogP contribution in [0, 0.1) is 6.92 Å². The maximum atomic E-state index is 11.9. The van der Waals surface area contributed by atoms with Gasteiger partial charge in [-0.25, -0.2) is 0 Å². The summed E-state index contributed by atoms with van der Waals surface area (Å²) in [5.74, 6) is -0.0773. The van der Waals surface area contributed by atoms with Crippen molar-refractivity contribution < 1.29 is 14.3 Å². The number of carbonyl (C=O) groups is 1. The fourth-order valence-corrected chi connectivity index (χ4v) is 1.78. The van der Waals surface area contributed by atoms with Gasteiger partial charge in [0.25, 0.3) is 5.91 Å². The molecule has 1 aromatic rings. The van der Waals surface area contributed by atoms with Crippen LogP contribution in [0.2, 0.25) is 0 Å². The molecule has 0 aliphatic heterocycles. The quantitative estimate of drug-likeness (QED) is 0.677. The van der Waals surface area contributed by atoms with Crippen LogP contribution in [0.3, 0.4) is 0 Å². The molecule has 0 fully saturated rings. The van der Waals surface area contributed by atoms with Crippen molar-refractivity contribution in [3.8, 4) is 0 Å². The number of hydrogen-bond donors (Lipinski definition) is 2. The molecule has 20 heavy (non-hydrogen) atoms. The molecule has 0 atom stereocenters. The first-order valence-corrected chi connectivity index (χ1v) is 6.88. The third-order valence-electron chi connectivity index (χ3n) is 2.82. The highest BCUT2D eigenvalue weighted by Crippen LogP contribution is 2.16. The summed E-state index contributed by atoms with van der Waals surface area (Å²) >= 11 is 0.